The molecular formula is C12H20N6O. The molecule has 0 atom stereocenters. The first-order valence-electron chi connectivity index (χ1n) is 6.47. The molecule has 0 saturated heterocycles. The Kier molecular flexibility index (Phi) is 4.16. The zero-order valence-corrected chi connectivity index (χ0v) is 11.1. The highest BCUT2D eigenvalue weighted by molar-refractivity contribution is 5.79. The van der Waals surface area contributed by atoms with E-state index in [0.29, 0.717) is 23.5 Å². The summed E-state index contributed by atoms with van der Waals surface area (Å²) < 4.78 is 0. The number of carbonyl (C=O) groups excluding carboxylic acids is 1. The molecule has 1 amide bonds. The normalized spacial score (nSPS) is 15.5. The van der Waals surface area contributed by atoms with Crippen molar-refractivity contribution < 1.29 is 4.79 Å². The van der Waals surface area contributed by atoms with E-state index < -0.39 is 0 Å². The minimum absolute atomic E-state index is 0.172. The fraction of sp³-hybridized carbons (Fsp3) is 0.583. The van der Waals surface area contributed by atoms with Crippen LogP contribution in [0.2, 0.25) is 0 Å². The molecule has 0 radical (unpaired) electrons. The molecule has 1 aromatic heterocycles. The number of nitrogens with one attached hydrogen (secondary N) is 1. The highest BCUT2D eigenvalue weighted by Crippen LogP contribution is 2.27. The second-order valence-corrected chi connectivity index (χ2v) is 4.84. The fourth-order valence-electron chi connectivity index (χ4n) is 2.55. The van der Waals surface area contributed by atoms with Gasteiger partial charge in [0.15, 0.2) is 0 Å². The minimum atomic E-state index is -0.356. The lowest BCUT2D eigenvalue weighted by molar-refractivity contribution is -0.116. The molecule has 19 heavy (non-hydrogen) atoms. The molecule has 2 rings (SSSR count). The van der Waals surface area contributed by atoms with Crippen molar-refractivity contribution in [2.75, 3.05) is 16.9 Å². The summed E-state index contributed by atoms with van der Waals surface area (Å²) in [5, 5.41) is 0. The molecule has 1 saturated carbocycles. The number of carbonyl (C=O) groups is 1. The van der Waals surface area contributed by atoms with Crippen molar-refractivity contribution in [3.63, 3.8) is 0 Å². The van der Waals surface area contributed by atoms with Crippen molar-refractivity contribution in [1.29, 1.82) is 0 Å². The molecular weight excluding hydrogens is 244 g/mol. The second kappa shape index (κ2) is 5.83. The van der Waals surface area contributed by atoms with Crippen molar-refractivity contribution >= 4 is 17.5 Å². The topological polar surface area (TPSA) is 110 Å². The summed E-state index contributed by atoms with van der Waals surface area (Å²) in [6.07, 6.45) is 4.46. The lowest BCUT2D eigenvalue weighted by atomic mass is 10.2. The molecule has 1 aliphatic carbocycles. The monoisotopic (exact) mass is 264 g/mol. The van der Waals surface area contributed by atoms with E-state index in [1.807, 2.05) is 4.90 Å². The average molecular weight is 264 g/mol. The van der Waals surface area contributed by atoms with E-state index in [1.54, 1.807) is 13.0 Å². The van der Waals surface area contributed by atoms with Crippen molar-refractivity contribution in [3.05, 3.63) is 11.9 Å². The van der Waals surface area contributed by atoms with Gasteiger partial charge in [0.2, 0.25) is 5.91 Å². The third kappa shape index (κ3) is 3.31. The third-order valence-corrected chi connectivity index (χ3v) is 3.36. The number of anilines is 2. The minimum Gasteiger partial charge on any atom is -0.368 e. The Hall–Kier alpha value is -1.89. The lowest BCUT2D eigenvalue weighted by Crippen LogP contribution is -2.41. The van der Waals surface area contributed by atoms with Gasteiger partial charge in [0, 0.05) is 12.1 Å². The molecule has 7 heteroatoms. The van der Waals surface area contributed by atoms with Gasteiger partial charge < -0.3 is 16.1 Å². The number of amides is 1. The standard InChI is InChI=1S/C12H20N6O/c1-8-15-11(17-14)6-12(16-8)18(7-10(13)19)9-4-2-3-5-9/h6,9H,2-5,7,14H2,1H3,(H2,13,19)(H,15,16,17). The van der Waals surface area contributed by atoms with Gasteiger partial charge in [0.05, 0.1) is 6.54 Å². The molecule has 1 aliphatic rings. The highest BCUT2D eigenvalue weighted by Gasteiger charge is 2.25. The number of nitrogens with two attached hydrogens (primary N) is 2. The molecule has 7 nitrogen and oxygen atoms in total. The molecule has 1 heterocycles. The van der Waals surface area contributed by atoms with Crippen LogP contribution in [0.5, 0.6) is 0 Å². The molecule has 104 valence electrons. The average Bonchev–Trinajstić information content (AvgIpc) is 2.88. The predicted molar refractivity (Wildman–Crippen MR) is 73.4 cm³/mol. The van der Waals surface area contributed by atoms with Gasteiger partial charge in [0.1, 0.15) is 17.5 Å². The van der Waals surface area contributed by atoms with Gasteiger partial charge in [-0.3, -0.25) is 4.79 Å². The van der Waals surface area contributed by atoms with Crippen LogP contribution >= 0.6 is 0 Å². The van der Waals surface area contributed by atoms with E-state index in [2.05, 4.69) is 15.4 Å². The molecule has 1 fully saturated rings. The molecule has 1 aromatic rings. The van der Waals surface area contributed by atoms with Crippen LogP contribution in [0.15, 0.2) is 6.07 Å². The third-order valence-electron chi connectivity index (χ3n) is 3.36. The number of nitrogen functional groups attached to an aromatic ring is 1. The Balaban J connectivity index is 2.30. The quantitative estimate of drug-likeness (QED) is 0.521. The van der Waals surface area contributed by atoms with Crippen molar-refractivity contribution in [1.82, 2.24) is 9.97 Å². The number of aromatic nitrogens is 2. The van der Waals surface area contributed by atoms with E-state index in [0.717, 1.165) is 12.8 Å². The summed E-state index contributed by atoms with van der Waals surface area (Å²) in [5.74, 6) is 6.88. The summed E-state index contributed by atoms with van der Waals surface area (Å²) >= 11 is 0. The number of primary amides is 1. The maximum Gasteiger partial charge on any atom is 0.237 e. The number of rotatable bonds is 5. The van der Waals surface area contributed by atoms with Crippen molar-refractivity contribution in [2.45, 2.75) is 38.6 Å². The second-order valence-electron chi connectivity index (χ2n) is 4.84. The van der Waals surface area contributed by atoms with Crippen LogP contribution in [0.3, 0.4) is 0 Å². The Morgan fingerprint density at radius 3 is 2.74 bits per heavy atom. The molecule has 0 aromatic carbocycles. The highest BCUT2D eigenvalue weighted by atomic mass is 16.1. The summed E-state index contributed by atoms with van der Waals surface area (Å²) in [6, 6.07) is 2.06. The lowest BCUT2D eigenvalue weighted by Gasteiger charge is -2.29. The SMILES string of the molecule is Cc1nc(NN)cc(N(CC(N)=O)C2CCCC2)n1. The van der Waals surface area contributed by atoms with Crippen LogP contribution in [0, 0.1) is 6.92 Å². The van der Waals surface area contributed by atoms with Gasteiger partial charge in [0.25, 0.3) is 0 Å². The maximum atomic E-state index is 11.3. The summed E-state index contributed by atoms with van der Waals surface area (Å²) in [6.45, 7) is 1.96. The Bertz CT molecular complexity index is 458. The van der Waals surface area contributed by atoms with E-state index >= 15 is 0 Å². The first kappa shape index (κ1) is 13.5. The predicted octanol–water partition coefficient (Wildman–Crippen LogP) is 0.305. The summed E-state index contributed by atoms with van der Waals surface area (Å²) in [7, 11) is 0. The van der Waals surface area contributed by atoms with Crippen LogP contribution in [0.25, 0.3) is 0 Å². The Labute approximate surface area is 112 Å². The number of hydrogen-bond donors (Lipinski definition) is 3. The Morgan fingerprint density at radius 1 is 1.47 bits per heavy atom. The molecule has 0 aliphatic heterocycles. The Morgan fingerprint density at radius 2 is 2.16 bits per heavy atom. The van der Waals surface area contributed by atoms with Gasteiger partial charge in [-0.25, -0.2) is 15.8 Å². The van der Waals surface area contributed by atoms with Gasteiger partial charge in [-0.15, -0.1) is 0 Å². The van der Waals surface area contributed by atoms with Gasteiger partial charge in [-0.05, 0) is 19.8 Å². The largest absolute Gasteiger partial charge is 0.368 e. The molecule has 5 N–H and O–H groups in total. The number of hydrogen-bond acceptors (Lipinski definition) is 6. The zero-order valence-electron chi connectivity index (χ0n) is 11.1. The molecule has 0 bridgehead atoms. The van der Waals surface area contributed by atoms with E-state index in [-0.39, 0.29) is 12.5 Å². The van der Waals surface area contributed by atoms with Crippen molar-refractivity contribution in [2.24, 2.45) is 11.6 Å². The van der Waals surface area contributed by atoms with Crippen LogP contribution < -0.4 is 21.9 Å². The smallest absolute Gasteiger partial charge is 0.237 e. The number of aryl methyl sites for hydroxylation is 1. The van der Waals surface area contributed by atoms with Crippen LogP contribution in [0.1, 0.15) is 31.5 Å². The van der Waals surface area contributed by atoms with Crippen molar-refractivity contribution in [3.8, 4) is 0 Å². The van der Waals surface area contributed by atoms with Gasteiger partial charge in [-0.2, -0.15) is 0 Å². The molecule has 0 spiro atoms. The molecule has 0 unspecified atom stereocenters. The number of hydrazine groups is 1. The van der Waals surface area contributed by atoms with E-state index in [1.165, 1.54) is 12.8 Å². The van der Waals surface area contributed by atoms with E-state index in [9.17, 15) is 4.79 Å². The summed E-state index contributed by atoms with van der Waals surface area (Å²) in [5.41, 5.74) is 7.86. The zero-order chi connectivity index (χ0) is 13.8. The van der Waals surface area contributed by atoms with E-state index in [4.69, 9.17) is 11.6 Å². The first-order chi connectivity index (χ1) is 9.10. The number of nitrogens with zero attached hydrogens (tertiary/aromatic N) is 3. The van der Waals surface area contributed by atoms with Crippen LogP contribution in [-0.2, 0) is 4.79 Å². The first-order valence-corrected chi connectivity index (χ1v) is 6.47. The fourth-order valence-corrected chi connectivity index (χ4v) is 2.55. The van der Waals surface area contributed by atoms with Gasteiger partial charge in [-0.1, -0.05) is 12.8 Å². The van der Waals surface area contributed by atoms with Crippen LogP contribution in [-0.4, -0.2) is 28.5 Å². The van der Waals surface area contributed by atoms with Crippen LogP contribution in [0.4, 0.5) is 11.6 Å². The van der Waals surface area contributed by atoms with Gasteiger partial charge >= 0.3 is 0 Å². The summed E-state index contributed by atoms with van der Waals surface area (Å²) in [4.78, 5) is 21.8. The maximum absolute atomic E-state index is 11.3.